The molecule has 1 aromatic heterocycles. The zero-order chi connectivity index (χ0) is 18.5. The number of carbonyl (C=O) groups excluding carboxylic acids is 1. The molecule has 2 aromatic rings. The van der Waals surface area contributed by atoms with Crippen LogP contribution < -0.4 is 21.1 Å². The van der Waals surface area contributed by atoms with E-state index >= 15 is 0 Å². The molecule has 1 fully saturated rings. The number of nitrogens with zero attached hydrogens (tertiary/aromatic N) is 1. The molecule has 1 saturated heterocycles. The van der Waals surface area contributed by atoms with Crippen LogP contribution in [-0.2, 0) is 0 Å². The molecule has 1 amide bonds. The Morgan fingerprint density at radius 3 is 3.04 bits per heavy atom. The minimum absolute atomic E-state index is 0.111. The normalized spacial score (nSPS) is 18.3. The van der Waals surface area contributed by atoms with E-state index in [-0.39, 0.29) is 11.9 Å². The van der Waals surface area contributed by atoms with E-state index in [4.69, 9.17) is 10.5 Å². The van der Waals surface area contributed by atoms with Crippen molar-refractivity contribution >= 4 is 17.2 Å². The first kappa shape index (κ1) is 18.8. The van der Waals surface area contributed by atoms with Crippen molar-refractivity contribution in [1.29, 1.82) is 0 Å². The van der Waals surface area contributed by atoms with Gasteiger partial charge in [0.1, 0.15) is 10.6 Å². The maximum absolute atomic E-state index is 12.6. The molecule has 1 aromatic carbocycles. The van der Waals surface area contributed by atoms with E-state index < -0.39 is 0 Å². The van der Waals surface area contributed by atoms with Crippen LogP contribution in [0.2, 0.25) is 0 Å². The molecule has 0 bridgehead atoms. The number of hydrogen-bond acceptors (Lipinski definition) is 6. The van der Waals surface area contributed by atoms with Crippen molar-refractivity contribution in [2.45, 2.75) is 31.7 Å². The second kappa shape index (κ2) is 8.62. The Balaban J connectivity index is 1.64. The topological polar surface area (TPSA) is 89.3 Å². The van der Waals surface area contributed by atoms with Gasteiger partial charge in [0.2, 0.25) is 0 Å². The maximum atomic E-state index is 12.6. The zero-order valence-corrected chi connectivity index (χ0v) is 16.1. The molecule has 140 valence electrons. The lowest BCUT2D eigenvalue weighted by Crippen LogP contribution is -2.32. The fourth-order valence-electron chi connectivity index (χ4n) is 3.23. The van der Waals surface area contributed by atoms with Gasteiger partial charge in [-0.25, -0.2) is 4.98 Å². The Hall–Kier alpha value is -1.96. The summed E-state index contributed by atoms with van der Waals surface area (Å²) in [7, 11) is 1.62. The smallest absolute Gasteiger partial charge is 0.263 e. The molecule has 2 heterocycles. The minimum atomic E-state index is -0.328. The highest BCUT2D eigenvalue weighted by Gasteiger charge is 2.23. The van der Waals surface area contributed by atoms with Crippen LogP contribution in [0.15, 0.2) is 24.3 Å². The Bertz CT molecular complexity index is 756. The molecule has 0 spiro atoms. The number of nitrogens with one attached hydrogen (secondary N) is 2. The van der Waals surface area contributed by atoms with Crippen molar-refractivity contribution in [2.75, 3.05) is 26.7 Å². The summed E-state index contributed by atoms with van der Waals surface area (Å²) in [5.41, 5.74) is 7.91. The molecule has 2 atom stereocenters. The third-order valence-electron chi connectivity index (χ3n) is 4.69. The Kier molecular flexibility index (Phi) is 6.24. The van der Waals surface area contributed by atoms with E-state index in [9.17, 15) is 4.79 Å². The molecule has 26 heavy (non-hydrogen) atoms. The van der Waals surface area contributed by atoms with E-state index in [1.807, 2.05) is 31.2 Å². The van der Waals surface area contributed by atoms with E-state index in [2.05, 4.69) is 15.6 Å². The average Bonchev–Trinajstić information content (AvgIpc) is 3.08. The molecule has 1 aliphatic heterocycles. The van der Waals surface area contributed by atoms with Crippen molar-refractivity contribution in [3.8, 4) is 5.75 Å². The average molecular weight is 375 g/mol. The molecule has 0 aliphatic carbocycles. The van der Waals surface area contributed by atoms with Crippen molar-refractivity contribution < 1.29 is 9.53 Å². The number of amides is 1. The molecular formula is C19H26N4O2S. The van der Waals surface area contributed by atoms with Gasteiger partial charge >= 0.3 is 0 Å². The number of aromatic nitrogens is 1. The molecule has 6 nitrogen and oxygen atoms in total. The number of hydrogen-bond donors (Lipinski definition) is 3. The number of para-hydroxylation sites is 1. The van der Waals surface area contributed by atoms with Gasteiger partial charge in [-0.15, -0.1) is 11.3 Å². The van der Waals surface area contributed by atoms with Crippen molar-refractivity contribution in [2.24, 2.45) is 5.73 Å². The fraction of sp³-hybridized carbons (Fsp3) is 0.474. The fourth-order valence-corrected chi connectivity index (χ4v) is 4.35. The summed E-state index contributed by atoms with van der Waals surface area (Å²) < 4.78 is 5.34. The summed E-state index contributed by atoms with van der Waals surface area (Å²) >= 11 is 1.50. The molecular weight excluding hydrogens is 348 g/mol. The summed E-state index contributed by atoms with van der Waals surface area (Å²) in [4.78, 5) is 17.9. The van der Waals surface area contributed by atoms with Gasteiger partial charge in [0, 0.05) is 24.6 Å². The van der Waals surface area contributed by atoms with Crippen LogP contribution in [0.1, 0.15) is 50.7 Å². The highest BCUT2D eigenvalue weighted by atomic mass is 32.1. The Morgan fingerprint density at radius 1 is 1.50 bits per heavy atom. The van der Waals surface area contributed by atoms with Crippen LogP contribution in [0.25, 0.3) is 0 Å². The molecule has 4 N–H and O–H groups in total. The standard InChI is InChI=1S/C19H26N4O2S/c1-12-17(26-19(23-12)13-6-5-9-21-10-13)18(24)22-11-15(20)14-7-3-4-8-16(14)25-2/h3-4,7-8,13,15,21H,5-6,9-11,20H2,1-2H3,(H,22,24). The van der Waals surface area contributed by atoms with Gasteiger partial charge in [-0.1, -0.05) is 18.2 Å². The number of thiazole rings is 1. The lowest BCUT2D eigenvalue weighted by Gasteiger charge is -2.20. The predicted octanol–water partition coefficient (Wildman–Crippen LogP) is 2.36. The maximum Gasteiger partial charge on any atom is 0.263 e. The molecule has 2 unspecified atom stereocenters. The van der Waals surface area contributed by atoms with E-state index in [1.165, 1.54) is 11.3 Å². The van der Waals surface area contributed by atoms with E-state index in [0.717, 1.165) is 47.9 Å². The highest BCUT2D eigenvalue weighted by molar-refractivity contribution is 7.13. The number of ether oxygens (including phenoxy) is 1. The van der Waals surface area contributed by atoms with Gasteiger partial charge in [-0.3, -0.25) is 4.79 Å². The molecule has 7 heteroatoms. The number of piperidine rings is 1. The Morgan fingerprint density at radius 2 is 2.31 bits per heavy atom. The van der Waals surface area contributed by atoms with Gasteiger partial charge < -0.3 is 21.1 Å². The zero-order valence-electron chi connectivity index (χ0n) is 15.2. The second-order valence-corrected chi connectivity index (χ2v) is 7.60. The first-order valence-electron chi connectivity index (χ1n) is 8.95. The van der Waals surface area contributed by atoms with Crippen LogP contribution in [0, 0.1) is 6.92 Å². The highest BCUT2D eigenvalue weighted by Crippen LogP contribution is 2.29. The lowest BCUT2D eigenvalue weighted by atomic mass is 10.0. The van der Waals surface area contributed by atoms with Gasteiger partial charge in [0.15, 0.2) is 0 Å². The Labute approximate surface area is 158 Å². The summed E-state index contributed by atoms with van der Waals surface area (Å²) in [6, 6.07) is 7.27. The summed E-state index contributed by atoms with van der Waals surface area (Å²) in [5, 5.41) is 7.39. The third-order valence-corrected chi connectivity index (χ3v) is 6.01. The van der Waals surface area contributed by atoms with E-state index in [0.29, 0.717) is 17.3 Å². The number of aryl methyl sites for hydroxylation is 1. The van der Waals surface area contributed by atoms with Crippen LogP contribution in [0.4, 0.5) is 0 Å². The molecule has 3 rings (SSSR count). The van der Waals surface area contributed by atoms with Gasteiger partial charge in [0.25, 0.3) is 5.91 Å². The molecule has 0 radical (unpaired) electrons. The largest absolute Gasteiger partial charge is 0.496 e. The van der Waals surface area contributed by atoms with Crippen LogP contribution in [-0.4, -0.2) is 37.6 Å². The summed E-state index contributed by atoms with van der Waals surface area (Å²) in [5.74, 6) is 1.03. The SMILES string of the molecule is COc1ccccc1C(N)CNC(=O)c1sc(C2CCCNC2)nc1C. The molecule has 1 aliphatic rings. The lowest BCUT2D eigenvalue weighted by molar-refractivity contribution is 0.0954. The monoisotopic (exact) mass is 374 g/mol. The van der Waals surface area contributed by atoms with E-state index in [1.54, 1.807) is 7.11 Å². The minimum Gasteiger partial charge on any atom is -0.496 e. The first-order valence-corrected chi connectivity index (χ1v) is 9.76. The van der Waals surface area contributed by atoms with Crippen molar-refractivity contribution in [3.05, 3.63) is 45.4 Å². The number of nitrogens with two attached hydrogens (primary N) is 1. The van der Waals surface area contributed by atoms with Crippen LogP contribution in [0.5, 0.6) is 5.75 Å². The number of carbonyl (C=O) groups is 1. The first-order chi connectivity index (χ1) is 12.6. The van der Waals surface area contributed by atoms with Gasteiger partial charge in [-0.2, -0.15) is 0 Å². The van der Waals surface area contributed by atoms with Crippen LogP contribution in [0.3, 0.4) is 0 Å². The van der Waals surface area contributed by atoms with Gasteiger partial charge in [-0.05, 0) is 32.4 Å². The summed E-state index contributed by atoms with van der Waals surface area (Å²) in [6.07, 6.45) is 2.28. The van der Waals surface area contributed by atoms with Gasteiger partial charge in [0.05, 0.1) is 23.9 Å². The predicted molar refractivity (Wildman–Crippen MR) is 104 cm³/mol. The number of benzene rings is 1. The second-order valence-electron chi connectivity index (χ2n) is 6.57. The molecule has 0 saturated carbocycles. The van der Waals surface area contributed by atoms with Crippen molar-refractivity contribution in [1.82, 2.24) is 15.6 Å². The third kappa shape index (κ3) is 4.23. The van der Waals surface area contributed by atoms with Crippen molar-refractivity contribution in [3.63, 3.8) is 0 Å². The summed E-state index contributed by atoms with van der Waals surface area (Å²) in [6.45, 7) is 4.24. The quantitative estimate of drug-likeness (QED) is 0.722. The number of methoxy groups -OCH3 is 1. The van der Waals surface area contributed by atoms with Crippen LogP contribution >= 0.6 is 11.3 Å². The number of rotatable bonds is 6.